The first-order chi connectivity index (χ1) is 11.7. The predicted octanol–water partition coefficient (Wildman–Crippen LogP) is 3.91. The zero-order valence-electron chi connectivity index (χ0n) is 12.6. The number of benzene rings is 1. The van der Waals surface area contributed by atoms with E-state index in [0.29, 0.717) is 27.9 Å². The van der Waals surface area contributed by atoms with Crippen LogP contribution < -0.4 is 15.0 Å². The van der Waals surface area contributed by atoms with Crippen LogP contribution in [0.4, 0.5) is 0 Å². The Labute approximate surface area is 146 Å². The van der Waals surface area contributed by atoms with Crippen molar-refractivity contribution in [3.05, 3.63) is 37.9 Å². The lowest BCUT2D eigenvalue weighted by atomic mass is 9.97. The van der Waals surface area contributed by atoms with Crippen LogP contribution in [-0.2, 0) is 12.8 Å². The van der Waals surface area contributed by atoms with Crippen molar-refractivity contribution < 1.29 is 9.47 Å². The predicted molar refractivity (Wildman–Crippen MR) is 93.5 cm³/mol. The molecule has 3 aromatic rings. The number of hydrogen-bond acceptors (Lipinski definition) is 5. The number of rotatable bonds is 1. The number of halogens is 1. The third kappa shape index (κ3) is 2.06. The number of aromatic nitrogens is 2. The molecule has 122 valence electrons. The number of thiophene rings is 1. The van der Waals surface area contributed by atoms with Gasteiger partial charge in [0.25, 0.3) is 5.56 Å². The molecule has 0 amide bonds. The van der Waals surface area contributed by atoms with Gasteiger partial charge in [0.2, 0.25) is 6.79 Å². The zero-order valence-corrected chi connectivity index (χ0v) is 14.2. The lowest BCUT2D eigenvalue weighted by molar-refractivity contribution is 0.174. The quantitative estimate of drug-likeness (QED) is 0.714. The second-order valence-electron chi connectivity index (χ2n) is 5.99. The minimum absolute atomic E-state index is 0.0943. The number of aryl methyl sites for hydroxylation is 2. The van der Waals surface area contributed by atoms with Crippen LogP contribution in [0.2, 0.25) is 5.02 Å². The molecular formula is C17H13ClN2O3S. The Morgan fingerprint density at radius 3 is 2.83 bits per heavy atom. The molecule has 2 aromatic heterocycles. The number of nitrogens with one attached hydrogen (secondary N) is 1. The lowest BCUT2D eigenvalue weighted by Crippen LogP contribution is -2.11. The zero-order chi connectivity index (χ0) is 16.3. The van der Waals surface area contributed by atoms with Gasteiger partial charge in [-0.15, -0.1) is 11.3 Å². The molecule has 0 radical (unpaired) electrons. The van der Waals surface area contributed by atoms with E-state index in [4.69, 9.17) is 21.1 Å². The SMILES string of the molecule is O=c1[nH]c(-c2cc3c(cc2Cl)OCO3)nc2sc3c(c12)CCCC3. The van der Waals surface area contributed by atoms with Crippen LogP contribution in [0.3, 0.4) is 0 Å². The smallest absolute Gasteiger partial charge is 0.260 e. The van der Waals surface area contributed by atoms with Crippen LogP contribution in [-0.4, -0.2) is 16.8 Å². The Morgan fingerprint density at radius 1 is 1.17 bits per heavy atom. The van der Waals surface area contributed by atoms with Crippen LogP contribution in [0, 0.1) is 0 Å². The van der Waals surface area contributed by atoms with Crippen LogP contribution >= 0.6 is 22.9 Å². The van der Waals surface area contributed by atoms with Gasteiger partial charge in [-0.3, -0.25) is 4.79 Å². The molecule has 0 bridgehead atoms. The Bertz CT molecular complexity index is 1040. The molecule has 0 fully saturated rings. The summed E-state index contributed by atoms with van der Waals surface area (Å²) in [7, 11) is 0. The molecule has 5 nitrogen and oxygen atoms in total. The Morgan fingerprint density at radius 2 is 1.96 bits per heavy atom. The van der Waals surface area contributed by atoms with E-state index >= 15 is 0 Å². The van der Waals surface area contributed by atoms with E-state index in [0.717, 1.165) is 29.5 Å². The van der Waals surface area contributed by atoms with Crippen molar-refractivity contribution in [2.75, 3.05) is 6.79 Å². The highest BCUT2D eigenvalue weighted by atomic mass is 35.5. The number of fused-ring (bicyclic) bond motifs is 4. The van der Waals surface area contributed by atoms with E-state index in [2.05, 4.69) is 9.97 Å². The Kier molecular flexibility index (Phi) is 3.11. The summed E-state index contributed by atoms with van der Waals surface area (Å²) in [6.45, 7) is 0.176. The average molecular weight is 361 g/mol. The summed E-state index contributed by atoms with van der Waals surface area (Å²) in [6, 6.07) is 3.46. The monoisotopic (exact) mass is 360 g/mol. The Balaban J connectivity index is 1.73. The van der Waals surface area contributed by atoms with Gasteiger partial charge in [0.05, 0.1) is 10.4 Å². The highest BCUT2D eigenvalue weighted by Crippen LogP contribution is 2.40. The van der Waals surface area contributed by atoms with Crippen LogP contribution in [0.15, 0.2) is 16.9 Å². The maximum atomic E-state index is 12.7. The standard InChI is InChI=1S/C17H13ClN2O3S/c18-10-6-12-11(22-7-23-12)5-9(10)15-19-16(21)14-8-3-1-2-4-13(8)24-17(14)20-15/h5-6H,1-4,7H2,(H,19,20,21). The van der Waals surface area contributed by atoms with Gasteiger partial charge >= 0.3 is 0 Å². The molecule has 5 rings (SSSR count). The lowest BCUT2D eigenvalue weighted by Gasteiger charge is -2.09. The minimum Gasteiger partial charge on any atom is -0.454 e. The van der Waals surface area contributed by atoms with Gasteiger partial charge in [-0.05, 0) is 37.3 Å². The number of aromatic amines is 1. The van der Waals surface area contributed by atoms with Gasteiger partial charge in [0.1, 0.15) is 10.7 Å². The van der Waals surface area contributed by atoms with Gasteiger partial charge < -0.3 is 14.5 Å². The minimum atomic E-state index is -0.0943. The van der Waals surface area contributed by atoms with Crippen molar-refractivity contribution in [2.45, 2.75) is 25.7 Å². The van der Waals surface area contributed by atoms with Gasteiger partial charge in [-0.1, -0.05) is 11.6 Å². The fraction of sp³-hybridized carbons (Fsp3) is 0.294. The van der Waals surface area contributed by atoms with Gasteiger partial charge in [0.15, 0.2) is 11.5 Å². The molecule has 0 atom stereocenters. The highest BCUT2D eigenvalue weighted by Gasteiger charge is 2.22. The molecule has 1 aliphatic heterocycles. The van der Waals surface area contributed by atoms with Gasteiger partial charge in [-0.25, -0.2) is 4.98 Å². The molecule has 1 aromatic carbocycles. The van der Waals surface area contributed by atoms with Crippen molar-refractivity contribution in [1.29, 1.82) is 0 Å². The molecule has 0 saturated heterocycles. The van der Waals surface area contributed by atoms with Crippen LogP contribution in [0.1, 0.15) is 23.3 Å². The van der Waals surface area contributed by atoms with Crippen molar-refractivity contribution in [2.24, 2.45) is 0 Å². The van der Waals surface area contributed by atoms with Gasteiger partial charge in [-0.2, -0.15) is 0 Å². The van der Waals surface area contributed by atoms with Crippen molar-refractivity contribution in [1.82, 2.24) is 9.97 Å². The number of ether oxygens (including phenoxy) is 2. The van der Waals surface area contributed by atoms with Crippen molar-refractivity contribution >= 4 is 33.2 Å². The summed E-state index contributed by atoms with van der Waals surface area (Å²) in [5.74, 6) is 1.69. The number of hydrogen-bond donors (Lipinski definition) is 1. The van der Waals surface area contributed by atoms with E-state index in [1.54, 1.807) is 23.5 Å². The molecular weight excluding hydrogens is 348 g/mol. The molecule has 1 aliphatic carbocycles. The van der Waals surface area contributed by atoms with Crippen molar-refractivity contribution in [3.63, 3.8) is 0 Å². The van der Waals surface area contributed by atoms with Crippen LogP contribution in [0.25, 0.3) is 21.6 Å². The summed E-state index contributed by atoms with van der Waals surface area (Å²) in [5.41, 5.74) is 1.73. The molecule has 7 heteroatoms. The summed E-state index contributed by atoms with van der Waals surface area (Å²) < 4.78 is 10.7. The highest BCUT2D eigenvalue weighted by molar-refractivity contribution is 7.18. The summed E-state index contributed by atoms with van der Waals surface area (Å²) in [5, 5.41) is 1.22. The summed E-state index contributed by atoms with van der Waals surface area (Å²) in [6.07, 6.45) is 4.31. The normalized spacial score (nSPS) is 15.7. The van der Waals surface area contributed by atoms with Crippen molar-refractivity contribution in [3.8, 4) is 22.9 Å². The van der Waals surface area contributed by atoms with E-state index in [1.165, 1.54) is 16.9 Å². The second-order valence-corrected chi connectivity index (χ2v) is 7.48. The first-order valence-corrected chi connectivity index (χ1v) is 9.04. The third-order valence-corrected chi connectivity index (χ3v) is 6.04. The molecule has 1 N–H and O–H groups in total. The number of nitrogens with zero attached hydrogens (tertiary/aromatic N) is 1. The van der Waals surface area contributed by atoms with E-state index < -0.39 is 0 Å². The number of H-pyrrole nitrogens is 1. The van der Waals surface area contributed by atoms with E-state index in [1.807, 2.05) is 0 Å². The fourth-order valence-electron chi connectivity index (χ4n) is 3.39. The largest absolute Gasteiger partial charge is 0.454 e. The summed E-state index contributed by atoms with van der Waals surface area (Å²) in [4.78, 5) is 22.3. The maximum absolute atomic E-state index is 12.7. The summed E-state index contributed by atoms with van der Waals surface area (Å²) >= 11 is 7.98. The molecule has 3 heterocycles. The fourth-order valence-corrected chi connectivity index (χ4v) is 4.90. The van der Waals surface area contributed by atoms with Gasteiger partial charge in [0, 0.05) is 16.5 Å². The first-order valence-electron chi connectivity index (χ1n) is 7.85. The maximum Gasteiger partial charge on any atom is 0.260 e. The molecule has 0 spiro atoms. The first kappa shape index (κ1) is 14.3. The average Bonchev–Trinajstić information content (AvgIpc) is 3.17. The Hall–Kier alpha value is -2.05. The molecule has 24 heavy (non-hydrogen) atoms. The van der Waals surface area contributed by atoms with Crippen LogP contribution in [0.5, 0.6) is 11.5 Å². The topological polar surface area (TPSA) is 64.2 Å². The van der Waals surface area contributed by atoms with E-state index in [9.17, 15) is 4.79 Å². The molecule has 2 aliphatic rings. The molecule has 0 unspecified atom stereocenters. The third-order valence-electron chi connectivity index (χ3n) is 4.54. The molecule has 0 saturated carbocycles. The second kappa shape index (κ2) is 5.22. The van der Waals surface area contributed by atoms with E-state index in [-0.39, 0.29) is 12.4 Å².